The first-order valence-electron chi connectivity index (χ1n) is 14.0. The van der Waals surface area contributed by atoms with E-state index < -0.39 is 0 Å². The number of hydrogen-bond donors (Lipinski definition) is 0. The standard InChI is InChI=1S/C29H56O4/c1-24(2)20-22-32-28(30)17-15-13-11-9-7-8-10-12-14-16-27(26(5)6)18-19-29(31)33-23-21-25(3)4/h24-27H,7-23H2,1-6H3. The van der Waals surface area contributed by atoms with Crippen molar-refractivity contribution < 1.29 is 19.1 Å². The topological polar surface area (TPSA) is 52.6 Å². The van der Waals surface area contributed by atoms with E-state index in [9.17, 15) is 9.59 Å². The molecule has 0 rings (SSSR count). The van der Waals surface area contributed by atoms with Crippen LogP contribution in [0, 0.1) is 23.7 Å². The van der Waals surface area contributed by atoms with Gasteiger partial charge in [0.2, 0.25) is 0 Å². The van der Waals surface area contributed by atoms with Crippen LogP contribution in [-0.2, 0) is 19.1 Å². The van der Waals surface area contributed by atoms with Gasteiger partial charge < -0.3 is 9.47 Å². The van der Waals surface area contributed by atoms with E-state index in [0.717, 1.165) is 32.1 Å². The van der Waals surface area contributed by atoms with Crippen LogP contribution in [0.25, 0.3) is 0 Å². The van der Waals surface area contributed by atoms with Gasteiger partial charge in [0.1, 0.15) is 0 Å². The van der Waals surface area contributed by atoms with Crippen molar-refractivity contribution in [3.05, 3.63) is 0 Å². The van der Waals surface area contributed by atoms with Gasteiger partial charge in [-0.2, -0.15) is 0 Å². The van der Waals surface area contributed by atoms with Gasteiger partial charge in [0.05, 0.1) is 13.2 Å². The minimum Gasteiger partial charge on any atom is -0.466 e. The van der Waals surface area contributed by atoms with E-state index in [2.05, 4.69) is 41.5 Å². The summed E-state index contributed by atoms with van der Waals surface area (Å²) in [4.78, 5) is 23.6. The van der Waals surface area contributed by atoms with E-state index in [1.165, 1.54) is 51.4 Å². The largest absolute Gasteiger partial charge is 0.466 e. The quantitative estimate of drug-likeness (QED) is 0.118. The molecule has 4 heteroatoms. The summed E-state index contributed by atoms with van der Waals surface area (Å²) in [5, 5.41) is 0. The molecule has 0 aromatic rings. The second-order valence-electron chi connectivity index (χ2n) is 11.1. The van der Waals surface area contributed by atoms with Gasteiger partial charge >= 0.3 is 11.9 Å². The lowest BCUT2D eigenvalue weighted by Crippen LogP contribution is -2.13. The Bertz CT molecular complexity index is 470. The smallest absolute Gasteiger partial charge is 0.305 e. The molecule has 0 amide bonds. The Morgan fingerprint density at radius 2 is 0.939 bits per heavy atom. The van der Waals surface area contributed by atoms with Crippen LogP contribution in [-0.4, -0.2) is 25.2 Å². The number of ether oxygens (including phenoxy) is 2. The molecular weight excluding hydrogens is 412 g/mol. The molecule has 0 aliphatic rings. The van der Waals surface area contributed by atoms with Gasteiger partial charge in [-0.3, -0.25) is 9.59 Å². The molecule has 0 saturated carbocycles. The van der Waals surface area contributed by atoms with E-state index in [1.54, 1.807) is 0 Å². The van der Waals surface area contributed by atoms with Crippen molar-refractivity contribution in [1.29, 1.82) is 0 Å². The van der Waals surface area contributed by atoms with Crippen LogP contribution in [0.5, 0.6) is 0 Å². The van der Waals surface area contributed by atoms with Gasteiger partial charge in [-0.25, -0.2) is 0 Å². The maximum Gasteiger partial charge on any atom is 0.305 e. The Balaban J connectivity index is 3.59. The molecule has 33 heavy (non-hydrogen) atoms. The second-order valence-corrected chi connectivity index (χ2v) is 11.1. The van der Waals surface area contributed by atoms with Gasteiger partial charge in [-0.1, -0.05) is 99.3 Å². The zero-order chi connectivity index (χ0) is 24.9. The molecule has 0 radical (unpaired) electrons. The van der Waals surface area contributed by atoms with Crippen LogP contribution < -0.4 is 0 Å². The van der Waals surface area contributed by atoms with Crippen LogP contribution in [0.4, 0.5) is 0 Å². The predicted molar refractivity (Wildman–Crippen MR) is 139 cm³/mol. The Morgan fingerprint density at radius 1 is 0.515 bits per heavy atom. The zero-order valence-electron chi connectivity index (χ0n) is 23.0. The van der Waals surface area contributed by atoms with E-state index in [4.69, 9.17) is 9.47 Å². The molecule has 0 aliphatic heterocycles. The molecule has 0 heterocycles. The maximum atomic E-state index is 11.9. The SMILES string of the molecule is CC(C)CCOC(=O)CCCCCCCCCCCC(CCC(=O)OCCC(C)C)C(C)C. The van der Waals surface area contributed by atoms with Gasteiger partial charge in [0.15, 0.2) is 0 Å². The van der Waals surface area contributed by atoms with E-state index in [1.807, 2.05) is 0 Å². The highest BCUT2D eigenvalue weighted by molar-refractivity contribution is 5.69. The normalized spacial score (nSPS) is 12.5. The number of rotatable bonds is 22. The highest BCUT2D eigenvalue weighted by Crippen LogP contribution is 2.24. The van der Waals surface area contributed by atoms with Gasteiger partial charge in [-0.05, 0) is 49.4 Å². The van der Waals surface area contributed by atoms with Crippen molar-refractivity contribution >= 4 is 11.9 Å². The van der Waals surface area contributed by atoms with Crippen molar-refractivity contribution in [1.82, 2.24) is 0 Å². The molecule has 4 nitrogen and oxygen atoms in total. The fraction of sp³-hybridized carbons (Fsp3) is 0.931. The lowest BCUT2D eigenvalue weighted by Gasteiger charge is -2.20. The van der Waals surface area contributed by atoms with Gasteiger partial charge in [-0.15, -0.1) is 0 Å². The molecule has 0 fully saturated rings. The van der Waals surface area contributed by atoms with E-state index in [-0.39, 0.29) is 11.9 Å². The fourth-order valence-electron chi connectivity index (χ4n) is 3.99. The molecule has 1 atom stereocenters. The van der Waals surface area contributed by atoms with Crippen LogP contribution >= 0.6 is 0 Å². The predicted octanol–water partition coefficient (Wildman–Crippen LogP) is 8.51. The number of carbonyl (C=O) groups is 2. The summed E-state index contributed by atoms with van der Waals surface area (Å²) in [6.45, 7) is 14.3. The third kappa shape index (κ3) is 22.5. The number of esters is 2. The molecular formula is C29H56O4. The summed E-state index contributed by atoms with van der Waals surface area (Å²) in [5.41, 5.74) is 0. The second kappa shape index (κ2) is 21.5. The van der Waals surface area contributed by atoms with E-state index in [0.29, 0.717) is 49.7 Å². The molecule has 196 valence electrons. The highest BCUT2D eigenvalue weighted by Gasteiger charge is 2.15. The monoisotopic (exact) mass is 468 g/mol. The average molecular weight is 469 g/mol. The zero-order valence-corrected chi connectivity index (χ0v) is 23.0. The summed E-state index contributed by atoms with van der Waals surface area (Å²) < 4.78 is 10.6. The molecule has 0 spiro atoms. The lowest BCUT2D eigenvalue weighted by molar-refractivity contribution is -0.145. The van der Waals surface area contributed by atoms with Crippen molar-refractivity contribution in [3.8, 4) is 0 Å². The minimum atomic E-state index is -0.0293. The maximum absolute atomic E-state index is 11.9. The number of hydrogen-bond acceptors (Lipinski definition) is 4. The van der Waals surface area contributed by atoms with Crippen LogP contribution in [0.15, 0.2) is 0 Å². The van der Waals surface area contributed by atoms with Crippen LogP contribution in [0.3, 0.4) is 0 Å². The molecule has 0 aliphatic carbocycles. The Kier molecular flexibility index (Phi) is 20.8. The van der Waals surface area contributed by atoms with Crippen LogP contribution in [0.1, 0.15) is 138 Å². The first kappa shape index (κ1) is 31.9. The summed E-state index contributed by atoms with van der Waals surface area (Å²) in [7, 11) is 0. The summed E-state index contributed by atoms with van der Waals surface area (Å²) in [6.07, 6.45) is 16.3. The Hall–Kier alpha value is -1.06. The summed E-state index contributed by atoms with van der Waals surface area (Å²) in [6, 6.07) is 0. The lowest BCUT2D eigenvalue weighted by atomic mass is 9.86. The fourth-order valence-corrected chi connectivity index (χ4v) is 3.99. The minimum absolute atomic E-state index is 0.0238. The highest BCUT2D eigenvalue weighted by atomic mass is 16.5. The third-order valence-electron chi connectivity index (χ3n) is 6.53. The summed E-state index contributed by atoms with van der Waals surface area (Å²) >= 11 is 0. The van der Waals surface area contributed by atoms with Gasteiger partial charge in [0, 0.05) is 12.8 Å². The van der Waals surface area contributed by atoms with Gasteiger partial charge in [0.25, 0.3) is 0 Å². The van der Waals surface area contributed by atoms with Crippen molar-refractivity contribution in [2.45, 2.75) is 138 Å². The molecule has 0 bridgehead atoms. The Morgan fingerprint density at radius 3 is 1.39 bits per heavy atom. The van der Waals surface area contributed by atoms with E-state index >= 15 is 0 Å². The first-order valence-corrected chi connectivity index (χ1v) is 14.0. The molecule has 0 aromatic carbocycles. The Labute approximate surface area is 206 Å². The van der Waals surface area contributed by atoms with Crippen LogP contribution in [0.2, 0.25) is 0 Å². The molecule has 0 N–H and O–H groups in total. The average Bonchev–Trinajstić information content (AvgIpc) is 2.73. The first-order chi connectivity index (χ1) is 15.7. The number of carbonyl (C=O) groups excluding carboxylic acids is 2. The van der Waals surface area contributed by atoms with Crippen molar-refractivity contribution in [2.75, 3.05) is 13.2 Å². The molecule has 0 saturated heterocycles. The number of unbranched alkanes of at least 4 members (excludes halogenated alkanes) is 8. The molecule has 0 aromatic heterocycles. The third-order valence-corrected chi connectivity index (χ3v) is 6.53. The summed E-state index contributed by atoms with van der Waals surface area (Å²) in [5.74, 6) is 2.36. The van der Waals surface area contributed by atoms with Crippen molar-refractivity contribution in [2.24, 2.45) is 23.7 Å². The van der Waals surface area contributed by atoms with Crippen molar-refractivity contribution in [3.63, 3.8) is 0 Å². The molecule has 1 unspecified atom stereocenters.